The molecule has 0 saturated carbocycles. The predicted octanol–water partition coefficient (Wildman–Crippen LogP) is 18.1. The molecule has 0 bridgehead atoms. The molecule has 2 heterocycles. The largest absolute Gasteiger partial charge is 0.470 e. The molecule has 0 aromatic carbocycles. The summed E-state index contributed by atoms with van der Waals surface area (Å²) in [5.74, 6) is -4.58. The standard InChI is InChI=1S/C88H165N2O22P/c1-7-13-19-25-31-35-41-45-51-57-69(92)63-75(94)89-81-85(110-79(98)64-70(93)58-52-46-42-36-32-26-20-14-8-2)83(100)74(108-87(81)101)68-105-88-82(90-76(95)65-71(59-53-47-43-37-33-27-21-15-9-3)106-77(96)61-55-49-39-29-23-17-11-5)86(84(73(67-91)109-88)112-113(102,103)104)111-80(99)66-72(60-54-48-44-38-34-28-22-16-10-4)107-78(97)62-56-50-40-30-24-18-12-6/h69-74,81-88,91-93,100-101H,7-68H2,1-6H3,(H,89,94)(H,90,95)(H2,102,103,104)/t69-,70-,71-,72-,73-,74-,81-,82-,83-,84-,85-,86-,87-,88-/m1/s1. The first-order chi connectivity index (χ1) is 54.6. The van der Waals surface area contributed by atoms with Gasteiger partial charge >= 0.3 is 31.7 Å². The van der Waals surface area contributed by atoms with Gasteiger partial charge in [-0.25, -0.2) is 4.57 Å². The Morgan fingerprint density at radius 3 is 1.09 bits per heavy atom. The van der Waals surface area contributed by atoms with Gasteiger partial charge in [0.2, 0.25) is 11.8 Å². The lowest BCUT2D eigenvalue weighted by molar-refractivity contribution is -0.298. The molecule has 2 fully saturated rings. The summed E-state index contributed by atoms with van der Waals surface area (Å²) in [7, 11) is -5.61. The quantitative estimate of drug-likeness (QED) is 0.0118. The monoisotopic (exact) mass is 1630 g/mol. The molecule has 9 N–H and O–H groups in total. The molecular weight excluding hydrogens is 1470 g/mol. The van der Waals surface area contributed by atoms with E-state index >= 15 is 4.79 Å². The molecule has 0 radical (unpaired) electrons. The van der Waals surface area contributed by atoms with Crippen molar-refractivity contribution in [2.24, 2.45) is 0 Å². The Balaban J connectivity index is 2.73. The van der Waals surface area contributed by atoms with Crippen LogP contribution in [0.4, 0.5) is 0 Å². The van der Waals surface area contributed by atoms with Crippen molar-refractivity contribution in [2.75, 3.05) is 13.2 Å². The van der Waals surface area contributed by atoms with E-state index in [4.69, 9.17) is 37.7 Å². The highest BCUT2D eigenvalue weighted by Gasteiger charge is 2.54. The van der Waals surface area contributed by atoms with Crippen LogP contribution in [-0.2, 0) is 71.0 Å². The maximum atomic E-state index is 15.0. The Kier molecular flexibility index (Phi) is 64.9. The van der Waals surface area contributed by atoms with E-state index in [-0.39, 0.29) is 25.7 Å². The molecule has 24 nitrogen and oxygen atoms in total. The van der Waals surface area contributed by atoms with Gasteiger partial charge < -0.3 is 79.1 Å². The van der Waals surface area contributed by atoms with Crippen molar-refractivity contribution >= 4 is 43.5 Å². The normalized spacial score (nSPS) is 21.0. The molecule has 2 saturated heterocycles. The van der Waals surface area contributed by atoms with E-state index in [1.54, 1.807) is 0 Å². The van der Waals surface area contributed by atoms with Gasteiger partial charge in [0, 0.05) is 12.8 Å². The molecule has 2 amide bonds. The number of phosphoric acid groups is 1. The van der Waals surface area contributed by atoms with E-state index in [0.717, 1.165) is 225 Å². The van der Waals surface area contributed by atoms with Crippen LogP contribution in [0.25, 0.3) is 0 Å². The van der Waals surface area contributed by atoms with Gasteiger partial charge in [0.15, 0.2) is 24.8 Å². The summed E-state index contributed by atoms with van der Waals surface area (Å²) in [5, 5.41) is 63.0. The van der Waals surface area contributed by atoms with E-state index in [2.05, 4.69) is 52.2 Å². The van der Waals surface area contributed by atoms with E-state index in [9.17, 15) is 63.9 Å². The van der Waals surface area contributed by atoms with Crippen LogP contribution in [0.1, 0.15) is 427 Å². The maximum absolute atomic E-state index is 15.0. The highest BCUT2D eigenvalue weighted by atomic mass is 31.2. The molecule has 0 aromatic heterocycles. The van der Waals surface area contributed by atoms with Crippen molar-refractivity contribution in [3.05, 3.63) is 0 Å². The topological polar surface area (TPSA) is 359 Å². The lowest BCUT2D eigenvalue weighted by atomic mass is 9.95. The fourth-order valence-electron chi connectivity index (χ4n) is 15.3. The summed E-state index contributed by atoms with van der Waals surface area (Å²) >= 11 is 0. The summed E-state index contributed by atoms with van der Waals surface area (Å²) < 4.78 is 61.5. The Morgan fingerprint density at radius 2 is 0.699 bits per heavy atom. The van der Waals surface area contributed by atoms with Crippen molar-refractivity contribution < 1.29 is 106 Å². The Labute approximate surface area is 683 Å². The van der Waals surface area contributed by atoms with Gasteiger partial charge in [0.25, 0.3) is 0 Å². The summed E-state index contributed by atoms with van der Waals surface area (Å²) in [6.45, 7) is 11.1. The van der Waals surface area contributed by atoms with Crippen molar-refractivity contribution in [1.82, 2.24) is 10.6 Å². The van der Waals surface area contributed by atoms with Gasteiger partial charge in [-0.15, -0.1) is 0 Å². The fourth-order valence-corrected chi connectivity index (χ4v) is 15.9. The lowest BCUT2D eigenvalue weighted by Crippen LogP contribution is -2.68. The molecule has 2 rings (SSSR count). The number of hydrogen-bond acceptors (Lipinski definition) is 20. The second kappa shape index (κ2) is 69.4. The second-order valence-electron chi connectivity index (χ2n) is 32.8. The number of nitrogens with one attached hydrogen (secondary N) is 2. The molecule has 113 heavy (non-hydrogen) atoms. The molecule has 664 valence electrons. The smallest absolute Gasteiger partial charge is 0.462 e. The van der Waals surface area contributed by atoms with Gasteiger partial charge in [-0.3, -0.25) is 33.3 Å². The van der Waals surface area contributed by atoms with Crippen LogP contribution in [0.2, 0.25) is 0 Å². The fraction of sp³-hybridized carbons (Fsp3) is 0.932. The molecule has 14 atom stereocenters. The van der Waals surface area contributed by atoms with E-state index in [1.807, 2.05) is 0 Å². The number of ether oxygens (including phenoxy) is 7. The van der Waals surface area contributed by atoms with Gasteiger partial charge in [-0.1, -0.05) is 337 Å². The van der Waals surface area contributed by atoms with Gasteiger partial charge in [0.1, 0.15) is 48.7 Å². The van der Waals surface area contributed by atoms with Crippen LogP contribution in [0.3, 0.4) is 0 Å². The number of amides is 2. The number of aliphatic hydroxyl groups is 5. The zero-order valence-electron chi connectivity index (χ0n) is 71.6. The summed E-state index contributed by atoms with van der Waals surface area (Å²) in [5.41, 5.74) is 0. The van der Waals surface area contributed by atoms with Crippen molar-refractivity contribution in [1.29, 1.82) is 0 Å². The number of rotatable bonds is 76. The molecule has 0 spiro atoms. The van der Waals surface area contributed by atoms with Gasteiger partial charge in [-0.2, -0.15) is 0 Å². The lowest BCUT2D eigenvalue weighted by Gasteiger charge is -2.46. The average Bonchev–Trinajstić information content (AvgIpc) is 0.782. The van der Waals surface area contributed by atoms with Crippen LogP contribution in [0, 0.1) is 0 Å². The minimum Gasteiger partial charge on any atom is -0.462 e. The van der Waals surface area contributed by atoms with Crippen LogP contribution < -0.4 is 10.6 Å². The Morgan fingerprint density at radius 1 is 0.372 bits per heavy atom. The SMILES string of the molecule is CCCCCCCCCCC[C@@H](O)CC(=O)N[C@@H]1[C@@H](OC(=O)C[C@H](O)CCCCCCCCCCC)[C@H](O)[C@@H](CO[C@@H]2O[C@H](CO)[C@@H](OP(=O)(O)O)[C@H](OC(=O)C[C@@H](CCCCCCCCCCC)OC(=O)CCCCCCCCC)[C@H]2NC(=O)C[C@@H](CCCCCCCCCCC)OC(=O)CCCCCCCCC)O[C@H]1O. The van der Waals surface area contributed by atoms with Gasteiger partial charge in [-0.05, 0) is 51.4 Å². The Hall–Kier alpha value is -3.39. The predicted molar refractivity (Wildman–Crippen MR) is 442 cm³/mol. The highest BCUT2D eigenvalue weighted by Crippen LogP contribution is 2.43. The number of esters is 4. The first-order valence-electron chi connectivity index (χ1n) is 46.0. The van der Waals surface area contributed by atoms with Crippen LogP contribution in [-0.4, -0.2) is 170 Å². The van der Waals surface area contributed by atoms with Crippen molar-refractivity contribution in [3.8, 4) is 0 Å². The first-order valence-corrected chi connectivity index (χ1v) is 47.5. The van der Waals surface area contributed by atoms with E-state index < -0.39 is 168 Å². The molecule has 0 aliphatic carbocycles. The molecule has 2 aliphatic rings. The molecule has 25 heteroatoms. The number of unbranched alkanes of at least 4 members (excludes halogenated alkanes) is 44. The highest BCUT2D eigenvalue weighted by molar-refractivity contribution is 7.46. The average molecular weight is 1630 g/mol. The summed E-state index contributed by atoms with van der Waals surface area (Å²) in [6.07, 6.45) is 30.4. The third-order valence-corrected chi connectivity index (χ3v) is 22.6. The zero-order chi connectivity index (χ0) is 83.0. The van der Waals surface area contributed by atoms with Gasteiger partial charge in [0.05, 0.1) is 51.1 Å². The first kappa shape index (κ1) is 106. The second-order valence-corrected chi connectivity index (χ2v) is 34.0. The van der Waals surface area contributed by atoms with Crippen LogP contribution >= 0.6 is 7.82 Å². The zero-order valence-corrected chi connectivity index (χ0v) is 72.5. The third-order valence-electron chi connectivity index (χ3n) is 22.1. The molecule has 0 unspecified atom stereocenters. The summed E-state index contributed by atoms with van der Waals surface area (Å²) in [6, 6.07) is -3.46. The molecule has 2 aliphatic heterocycles. The maximum Gasteiger partial charge on any atom is 0.470 e. The van der Waals surface area contributed by atoms with E-state index in [0.29, 0.717) is 51.4 Å². The minimum atomic E-state index is -5.61. The minimum absolute atomic E-state index is 0.107. The third kappa shape index (κ3) is 54.4. The molecule has 0 aromatic rings. The Bertz CT molecular complexity index is 2410. The number of carbonyl (C=O) groups excluding carboxylic acids is 6. The number of aliphatic hydroxyl groups excluding tert-OH is 5. The van der Waals surface area contributed by atoms with Crippen molar-refractivity contribution in [2.45, 2.75) is 512 Å². The number of hydrogen-bond donors (Lipinski definition) is 9. The van der Waals surface area contributed by atoms with E-state index in [1.165, 1.54) is 57.8 Å². The molecular formula is C88H165N2O22P. The van der Waals surface area contributed by atoms with Crippen molar-refractivity contribution in [3.63, 3.8) is 0 Å². The van der Waals surface area contributed by atoms with Crippen LogP contribution in [0.5, 0.6) is 0 Å². The van der Waals surface area contributed by atoms with Crippen LogP contribution in [0.15, 0.2) is 0 Å². The number of phosphoric ester groups is 1. The summed E-state index contributed by atoms with van der Waals surface area (Å²) in [4.78, 5) is 106. The number of carbonyl (C=O) groups is 6.